The minimum atomic E-state index is 0.877. The van der Waals surface area contributed by atoms with Gasteiger partial charge in [-0.15, -0.1) is 11.3 Å². The zero-order chi connectivity index (χ0) is 11.4. The molecule has 1 heterocycles. The molecule has 0 aliphatic rings. The number of hydrogen-bond acceptors (Lipinski definition) is 3. The molecule has 0 aliphatic carbocycles. The van der Waals surface area contributed by atoms with Crippen LogP contribution in [-0.2, 0) is 6.42 Å². The molecule has 2 rings (SSSR count). The lowest BCUT2D eigenvalue weighted by Gasteiger charge is -2.03. The quantitative estimate of drug-likeness (QED) is 0.892. The maximum absolute atomic E-state index is 4.29. The van der Waals surface area contributed by atoms with Crippen LogP contribution in [0.1, 0.15) is 18.9 Å². The Kier molecular flexibility index (Phi) is 3.96. The van der Waals surface area contributed by atoms with E-state index in [1.807, 2.05) is 5.38 Å². The summed E-state index contributed by atoms with van der Waals surface area (Å²) in [4.78, 5) is 4.29. The van der Waals surface area contributed by atoms with E-state index in [1.54, 1.807) is 11.3 Å². The van der Waals surface area contributed by atoms with Crippen molar-refractivity contribution >= 4 is 38.1 Å². The van der Waals surface area contributed by atoms with Crippen LogP contribution in [-0.4, -0.2) is 4.98 Å². The van der Waals surface area contributed by atoms with Crippen LogP contribution in [0.2, 0.25) is 0 Å². The van der Waals surface area contributed by atoms with Gasteiger partial charge in [-0.2, -0.15) is 0 Å². The summed E-state index contributed by atoms with van der Waals surface area (Å²) in [6.45, 7) is 2.19. The predicted molar refractivity (Wildman–Crippen MR) is 73.5 cm³/mol. The van der Waals surface area contributed by atoms with Crippen LogP contribution in [0.25, 0.3) is 0 Å². The summed E-state index contributed by atoms with van der Waals surface area (Å²) < 4.78 is 0.877. The first-order valence-corrected chi connectivity index (χ1v) is 6.92. The molecule has 2 nitrogen and oxygen atoms in total. The van der Waals surface area contributed by atoms with Gasteiger partial charge >= 0.3 is 0 Å². The fourth-order valence-corrected chi connectivity index (χ4v) is 2.64. The average molecular weight is 297 g/mol. The third-order valence-electron chi connectivity index (χ3n) is 2.22. The molecule has 0 spiro atoms. The molecule has 0 saturated heterocycles. The minimum absolute atomic E-state index is 0.877. The Hall–Kier alpha value is -0.870. The molecule has 4 heteroatoms. The Morgan fingerprint density at radius 1 is 1.31 bits per heavy atom. The van der Waals surface area contributed by atoms with Crippen LogP contribution in [0.5, 0.6) is 0 Å². The van der Waals surface area contributed by atoms with E-state index in [9.17, 15) is 0 Å². The zero-order valence-corrected chi connectivity index (χ0v) is 11.4. The highest BCUT2D eigenvalue weighted by atomic mass is 79.9. The van der Waals surface area contributed by atoms with E-state index in [-0.39, 0.29) is 0 Å². The molecule has 0 bridgehead atoms. The molecule has 0 amide bonds. The molecule has 0 saturated carbocycles. The van der Waals surface area contributed by atoms with E-state index in [2.05, 4.69) is 57.4 Å². The molecule has 0 aliphatic heterocycles. The number of benzene rings is 1. The van der Waals surface area contributed by atoms with Crippen LogP contribution in [0.4, 0.5) is 10.8 Å². The average Bonchev–Trinajstić information content (AvgIpc) is 2.67. The smallest absolute Gasteiger partial charge is 0.188 e. The van der Waals surface area contributed by atoms with Gasteiger partial charge in [0.05, 0.1) is 0 Å². The topological polar surface area (TPSA) is 24.9 Å². The number of halogens is 1. The number of thiazole rings is 1. The lowest BCUT2D eigenvalue weighted by atomic mass is 10.1. The van der Waals surface area contributed by atoms with Gasteiger partial charge in [-0.1, -0.05) is 25.5 Å². The van der Waals surface area contributed by atoms with Crippen molar-refractivity contribution in [1.29, 1.82) is 0 Å². The summed E-state index contributed by atoms with van der Waals surface area (Å²) in [5.74, 6) is 0. The van der Waals surface area contributed by atoms with Crippen molar-refractivity contribution in [2.75, 3.05) is 5.32 Å². The van der Waals surface area contributed by atoms with Crippen LogP contribution in [0.15, 0.2) is 34.2 Å². The summed E-state index contributed by atoms with van der Waals surface area (Å²) in [5, 5.41) is 6.15. The number of rotatable bonds is 4. The zero-order valence-electron chi connectivity index (χ0n) is 9.03. The van der Waals surface area contributed by atoms with Gasteiger partial charge in [0.15, 0.2) is 5.13 Å². The van der Waals surface area contributed by atoms with Gasteiger partial charge in [0.2, 0.25) is 0 Å². The van der Waals surface area contributed by atoms with E-state index >= 15 is 0 Å². The van der Waals surface area contributed by atoms with Crippen LogP contribution in [0.3, 0.4) is 0 Å². The first-order valence-electron chi connectivity index (χ1n) is 5.25. The fraction of sp³-hybridized carbons (Fsp3) is 0.250. The number of aryl methyl sites for hydroxylation is 1. The van der Waals surface area contributed by atoms with Gasteiger partial charge in [0.1, 0.15) is 4.60 Å². The van der Waals surface area contributed by atoms with Crippen molar-refractivity contribution in [2.45, 2.75) is 19.8 Å². The highest BCUT2D eigenvalue weighted by Crippen LogP contribution is 2.23. The Morgan fingerprint density at radius 3 is 2.62 bits per heavy atom. The second kappa shape index (κ2) is 5.46. The molecule has 0 radical (unpaired) electrons. The number of nitrogens with zero attached hydrogens (tertiary/aromatic N) is 1. The van der Waals surface area contributed by atoms with Gasteiger partial charge in [-0.25, -0.2) is 4.98 Å². The molecule has 1 aromatic carbocycles. The summed E-state index contributed by atoms with van der Waals surface area (Å²) in [7, 11) is 0. The molecule has 84 valence electrons. The van der Waals surface area contributed by atoms with Crippen molar-refractivity contribution in [2.24, 2.45) is 0 Å². The molecular formula is C12H13BrN2S. The summed E-state index contributed by atoms with van der Waals surface area (Å²) in [6.07, 6.45) is 2.33. The van der Waals surface area contributed by atoms with Crippen molar-refractivity contribution in [3.05, 3.63) is 39.8 Å². The van der Waals surface area contributed by atoms with Gasteiger partial charge in [0, 0.05) is 11.1 Å². The molecule has 0 fully saturated rings. The van der Waals surface area contributed by atoms with Gasteiger partial charge in [0.25, 0.3) is 0 Å². The number of nitrogens with one attached hydrogen (secondary N) is 1. The van der Waals surface area contributed by atoms with Gasteiger partial charge in [-0.05, 0) is 40.0 Å². The Bertz CT molecular complexity index is 450. The normalized spacial score (nSPS) is 10.4. The molecule has 0 unspecified atom stereocenters. The number of anilines is 2. The van der Waals surface area contributed by atoms with E-state index in [0.29, 0.717) is 0 Å². The first-order chi connectivity index (χ1) is 7.78. The maximum Gasteiger partial charge on any atom is 0.188 e. The van der Waals surface area contributed by atoms with Crippen LogP contribution < -0.4 is 5.32 Å². The van der Waals surface area contributed by atoms with Gasteiger partial charge in [-0.3, -0.25) is 0 Å². The lowest BCUT2D eigenvalue weighted by Crippen LogP contribution is -1.90. The molecular weight excluding hydrogens is 284 g/mol. The Balaban J connectivity index is 2.05. The van der Waals surface area contributed by atoms with Crippen molar-refractivity contribution in [3.8, 4) is 0 Å². The third-order valence-corrected chi connectivity index (χ3v) is 3.69. The van der Waals surface area contributed by atoms with Gasteiger partial charge < -0.3 is 5.32 Å². The summed E-state index contributed by atoms with van der Waals surface area (Å²) in [5.41, 5.74) is 2.47. The van der Waals surface area contributed by atoms with E-state index in [0.717, 1.165) is 21.8 Å². The molecule has 1 N–H and O–H groups in total. The van der Waals surface area contributed by atoms with E-state index in [4.69, 9.17) is 0 Å². The van der Waals surface area contributed by atoms with E-state index < -0.39 is 0 Å². The van der Waals surface area contributed by atoms with Crippen molar-refractivity contribution < 1.29 is 0 Å². The SMILES string of the molecule is CCCc1ccc(Nc2nc(Br)cs2)cc1. The standard InChI is InChI=1S/C12H13BrN2S/c1-2-3-9-4-6-10(7-5-9)14-12-15-11(13)8-16-12/h4-8H,2-3H2,1H3,(H,14,15). The Labute approximate surface area is 108 Å². The minimum Gasteiger partial charge on any atom is -0.332 e. The van der Waals surface area contributed by atoms with Crippen molar-refractivity contribution in [3.63, 3.8) is 0 Å². The number of aromatic nitrogens is 1. The highest BCUT2D eigenvalue weighted by Gasteiger charge is 1.99. The molecule has 1 aromatic heterocycles. The maximum atomic E-state index is 4.29. The highest BCUT2D eigenvalue weighted by molar-refractivity contribution is 9.10. The third kappa shape index (κ3) is 3.06. The second-order valence-corrected chi connectivity index (χ2v) is 5.22. The molecule has 16 heavy (non-hydrogen) atoms. The van der Waals surface area contributed by atoms with Crippen LogP contribution >= 0.6 is 27.3 Å². The van der Waals surface area contributed by atoms with E-state index in [1.165, 1.54) is 12.0 Å². The summed E-state index contributed by atoms with van der Waals surface area (Å²) in [6, 6.07) is 8.52. The predicted octanol–water partition coefficient (Wildman–Crippen LogP) is 4.60. The summed E-state index contributed by atoms with van der Waals surface area (Å²) >= 11 is 4.93. The number of hydrogen-bond donors (Lipinski definition) is 1. The fourth-order valence-electron chi connectivity index (χ4n) is 1.48. The van der Waals surface area contributed by atoms with Crippen molar-refractivity contribution in [1.82, 2.24) is 4.98 Å². The largest absolute Gasteiger partial charge is 0.332 e. The molecule has 2 aromatic rings. The first kappa shape index (κ1) is 11.6. The monoisotopic (exact) mass is 296 g/mol. The van der Waals surface area contributed by atoms with Crippen LogP contribution in [0, 0.1) is 0 Å². The Morgan fingerprint density at radius 2 is 2.06 bits per heavy atom. The second-order valence-electron chi connectivity index (χ2n) is 3.55. The molecule has 0 atom stereocenters. The lowest BCUT2D eigenvalue weighted by molar-refractivity contribution is 0.922.